The first-order valence-corrected chi connectivity index (χ1v) is 1.77. The summed E-state index contributed by atoms with van der Waals surface area (Å²) in [5.74, 6) is -2.51. The molecule has 0 saturated heterocycles. The Morgan fingerprint density at radius 1 is 1.00 bits per heavy atom. The summed E-state index contributed by atoms with van der Waals surface area (Å²) < 4.78 is 0. The second-order valence-electron chi connectivity index (χ2n) is 1.01. The van der Waals surface area contributed by atoms with Crippen LogP contribution in [0.25, 0.3) is 0 Å². The molecule has 4 nitrogen and oxygen atoms in total. The van der Waals surface area contributed by atoms with E-state index in [1.807, 2.05) is 0 Å². The van der Waals surface area contributed by atoms with Crippen LogP contribution in [0.15, 0.2) is 12.2 Å². The van der Waals surface area contributed by atoms with Gasteiger partial charge in [-0.1, -0.05) is 0 Å². The monoisotopic (exact) mass is 158 g/mol. The summed E-state index contributed by atoms with van der Waals surface area (Å²) in [6, 6.07) is 0. The summed E-state index contributed by atoms with van der Waals surface area (Å²) in [6.07, 6.45) is 1.12. The van der Waals surface area contributed by atoms with Crippen LogP contribution in [0, 0.1) is 0 Å². The topological polar surface area (TPSA) is 74.6 Å². The maximum atomic E-state index is 9.55. The Morgan fingerprint density at radius 2 is 1.20 bits per heavy atom. The van der Waals surface area contributed by atoms with Crippen molar-refractivity contribution in [2.75, 3.05) is 0 Å². The predicted molar refractivity (Wildman–Crippen MR) is 24.4 cm³/mol. The van der Waals surface area contributed by atoms with E-state index in [-0.39, 0.29) is 34.3 Å². The molecule has 0 fully saturated rings. The van der Waals surface area contributed by atoms with Crippen molar-refractivity contribution in [2.24, 2.45) is 0 Å². The van der Waals surface area contributed by atoms with Crippen LogP contribution in [0.2, 0.25) is 0 Å². The van der Waals surface area contributed by atoms with E-state index in [1.165, 1.54) is 0 Å². The van der Waals surface area contributed by atoms with Gasteiger partial charge < -0.3 is 14.9 Å². The van der Waals surface area contributed by atoms with Crippen molar-refractivity contribution in [3.63, 3.8) is 0 Å². The Kier molecular flexibility index (Phi) is 14.0. The average Bonchev–Trinajstić information content (AvgIpc) is 1.61. The summed E-state index contributed by atoms with van der Waals surface area (Å²) >= 11 is 0. The Morgan fingerprint density at radius 3 is 1.30 bits per heavy atom. The van der Waals surface area contributed by atoms with Gasteiger partial charge in [0.25, 0.3) is 0 Å². The molecular formula is C4H4FNaO4. The third-order valence-electron chi connectivity index (χ3n) is 0.368. The maximum Gasteiger partial charge on any atom is 1.00 e. The average molecular weight is 158 g/mol. The van der Waals surface area contributed by atoms with E-state index in [9.17, 15) is 9.59 Å². The van der Waals surface area contributed by atoms with Crippen molar-refractivity contribution < 1.29 is 54.1 Å². The Labute approximate surface area is 78.2 Å². The first-order chi connectivity index (χ1) is 3.63. The molecule has 52 valence electrons. The molecule has 0 spiro atoms. The number of rotatable bonds is 2. The summed E-state index contributed by atoms with van der Waals surface area (Å²) in [7, 11) is 0. The van der Waals surface area contributed by atoms with Crippen LogP contribution < -0.4 is 34.3 Å². The zero-order valence-electron chi connectivity index (χ0n) is 5.24. The van der Waals surface area contributed by atoms with Crippen molar-refractivity contribution in [3.8, 4) is 0 Å². The summed E-state index contributed by atoms with van der Waals surface area (Å²) in [4.78, 5) is 19.1. The van der Waals surface area contributed by atoms with E-state index >= 15 is 0 Å². The number of halogens is 1. The molecule has 10 heavy (non-hydrogen) atoms. The number of aliphatic carboxylic acids is 2. The zero-order valence-corrected chi connectivity index (χ0v) is 7.24. The van der Waals surface area contributed by atoms with Gasteiger partial charge in [-0.05, 0) is 0 Å². The van der Waals surface area contributed by atoms with Gasteiger partial charge in [-0.2, -0.15) is 0 Å². The molecule has 0 amide bonds. The molecule has 2 N–H and O–H groups in total. The molecule has 0 aliphatic heterocycles. The fourth-order valence-corrected chi connectivity index (χ4v) is 0.143. The number of hydrogen-bond acceptors (Lipinski definition) is 2. The quantitative estimate of drug-likeness (QED) is 0.309. The number of carbonyl (C=O) groups is 2. The van der Waals surface area contributed by atoms with E-state index in [4.69, 9.17) is 10.2 Å². The number of carboxylic acid groups (broad SMARTS) is 2. The summed E-state index contributed by atoms with van der Waals surface area (Å²) in [6.45, 7) is 0. The first kappa shape index (κ1) is 16.3. The van der Waals surface area contributed by atoms with Crippen LogP contribution in [0.1, 0.15) is 0 Å². The van der Waals surface area contributed by atoms with Crippen LogP contribution in [-0.2, 0) is 9.59 Å². The van der Waals surface area contributed by atoms with Gasteiger partial charge in [-0.15, -0.1) is 0 Å². The molecule has 0 aromatic carbocycles. The van der Waals surface area contributed by atoms with Gasteiger partial charge in [-0.25, -0.2) is 9.59 Å². The number of hydrogen-bond donors (Lipinski definition) is 2. The largest absolute Gasteiger partial charge is 1.00 e. The fourth-order valence-electron chi connectivity index (χ4n) is 0.143. The molecular weight excluding hydrogens is 154 g/mol. The van der Waals surface area contributed by atoms with E-state index < -0.39 is 11.9 Å². The number of carboxylic acids is 2. The van der Waals surface area contributed by atoms with E-state index in [0.29, 0.717) is 12.2 Å². The van der Waals surface area contributed by atoms with E-state index in [2.05, 4.69) is 0 Å². The normalized spacial score (nSPS) is 7.60. The molecule has 0 aliphatic carbocycles. The SMILES string of the molecule is O=C(O)/C=C\C(=O)O.[F-].[Na+]. The molecule has 0 aromatic heterocycles. The van der Waals surface area contributed by atoms with Crippen molar-refractivity contribution in [1.29, 1.82) is 0 Å². The third kappa shape index (κ3) is 15.6. The van der Waals surface area contributed by atoms with Gasteiger partial charge >= 0.3 is 41.5 Å². The van der Waals surface area contributed by atoms with Crippen LogP contribution in [0.3, 0.4) is 0 Å². The van der Waals surface area contributed by atoms with Crippen LogP contribution in [0.5, 0.6) is 0 Å². The van der Waals surface area contributed by atoms with Gasteiger partial charge in [0.05, 0.1) is 0 Å². The summed E-state index contributed by atoms with van der Waals surface area (Å²) in [5, 5.41) is 15.6. The van der Waals surface area contributed by atoms with Gasteiger partial charge in [0.1, 0.15) is 0 Å². The molecule has 0 heterocycles. The van der Waals surface area contributed by atoms with Gasteiger partial charge in [0.15, 0.2) is 0 Å². The maximum absolute atomic E-state index is 9.55. The fraction of sp³-hybridized carbons (Fsp3) is 0. The predicted octanol–water partition coefficient (Wildman–Crippen LogP) is -6.28. The second kappa shape index (κ2) is 8.61. The minimum absolute atomic E-state index is 0. The second-order valence-corrected chi connectivity index (χ2v) is 1.01. The summed E-state index contributed by atoms with van der Waals surface area (Å²) in [5.41, 5.74) is 0. The van der Waals surface area contributed by atoms with E-state index in [1.54, 1.807) is 0 Å². The van der Waals surface area contributed by atoms with Crippen molar-refractivity contribution in [2.45, 2.75) is 0 Å². The van der Waals surface area contributed by atoms with Gasteiger partial charge in [0.2, 0.25) is 0 Å². The Bertz CT molecular complexity index is 128. The van der Waals surface area contributed by atoms with E-state index in [0.717, 1.165) is 0 Å². The van der Waals surface area contributed by atoms with Gasteiger partial charge in [-0.3, -0.25) is 0 Å². The minimum Gasteiger partial charge on any atom is -1.00 e. The third-order valence-corrected chi connectivity index (χ3v) is 0.368. The van der Waals surface area contributed by atoms with Crippen LogP contribution >= 0.6 is 0 Å². The molecule has 0 radical (unpaired) electrons. The standard InChI is InChI=1S/C4H4O4.FH.Na/c5-3(6)1-2-4(7)8;;/h1-2H,(H,5,6)(H,7,8);1H;/q;;+1/p-1/b2-1-;;. The molecule has 0 aromatic rings. The molecule has 0 atom stereocenters. The molecule has 0 unspecified atom stereocenters. The smallest absolute Gasteiger partial charge is 1.00 e. The molecule has 0 aliphatic rings. The van der Waals surface area contributed by atoms with Crippen molar-refractivity contribution >= 4 is 11.9 Å². The Hall–Kier alpha value is -0.390. The molecule has 6 heteroatoms. The zero-order chi connectivity index (χ0) is 6.57. The Balaban J connectivity index is -0.000000245. The molecule has 0 rings (SSSR count). The molecule has 0 saturated carbocycles. The van der Waals surface area contributed by atoms with Crippen LogP contribution in [0.4, 0.5) is 0 Å². The molecule has 0 bridgehead atoms. The van der Waals surface area contributed by atoms with Gasteiger partial charge in [0, 0.05) is 12.2 Å². The minimum atomic E-state index is -1.26. The van der Waals surface area contributed by atoms with Crippen LogP contribution in [-0.4, -0.2) is 22.2 Å². The van der Waals surface area contributed by atoms with Crippen molar-refractivity contribution in [1.82, 2.24) is 0 Å². The van der Waals surface area contributed by atoms with Crippen molar-refractivity contribution in [3.05, 3.63) is 12.2 Å². The first-order valence-electron chi connectivity index (χ1n) is 1.77.